The first-order valence-corrected chi connectivity index (χ1v) is 8.51. The highest BCUT2D eigenvalue weighted by Gasteiger charge is 2.41. The molecule has 4 heteroatoms. The molecule has 0 aliphatic carbocycles. The van der Waals surface area contributed by atoms with Crippen molar-refractivity contribution in [1.29, 1.82) is 0 Å². The van der Waals surface area contributed by atoms with Crippen LogP contribution in [0.2, 0.25) is 0 Å². The molecule has 120 valence electrons. The molecule has 21 heavy (non-hydrogen) atoms. The molecule has 0 aromatic carbocycles. The van der Waals surface area contributed by atoms with Gasteiger partial charge in [0.05, 0.1) is 17.8 Å². The Morgan fingerprint density at radius 3 is 2.76 bits per heavy atom. The summed E-state index contributed by atoms with van der Waals surface area (Å²) in [6.07, 6.45) is 6.86. The number of ether oxygens (including phenoxy) is 1. The molecule has 0 bridgehead atoms. The lowest BCUT2D eigenvalue weighted by Crippen LogP contribution is -2.41. The van der Waals surface area contributed by atoms with Crippen molar-refractivity contribution in [3.05, 3.63) is 18.0 Å². The topological polar surface area (TPSA) is 39.1 Å². The summed E-state index contributed by atoms with van der Waals surface area (Å²) in [4.78, 5) is 0. The van der Waals surface area contributed by atoms with Gasteiger partial charge in [0.2, 0.25) is 0 Å². The van der Waals surface area contributed by atoms with Crippen molar-refractivity contribution in [1.82, 2.24) is 15.1 Å². The second-order valence-electron chi connectivity index (χ2n) is 6.34. The number of nitrogens with one attached hydrogen (secondary N) is 1. The van der Waals surface area contributed by atoms with Crippen LogP contribution in [-0.2, 0) is 11.2 Å². The lowest BCUT2D eigenvalue weighted by molar-refractivity contribution is 0.0627. The van der Waals surface area contributed by atoms with E-state index in [9.17, 15) is 0 Å². The van der Waals surface area contributed by atoms with Crippen molar-refractivity contribution >= 4 is 0 Å². The zero-order valence-electron chi connectivity index (χ0n) is 14.1. The van der Waals surface area contributed by atoms with Gasteiger partial charge >= 0.3 is 0 Å². The van der Waals surface area contributed by atoms with E-state index < -0.39 is 0 Å². The van der Waals surface area contributed by atoms with Crippen LogP contribution in [0.25, 0.3) is 0 Å². The number of hydrogen-bond acceptors (Lipinski definition) is 3. The quantitative estimate of drug-likeness (QED) is 0.800. The van der Waals surface area contributed by atoms with E-state index in [-0.39, 0.29) is 5.41 Å². The first kappa shape index (κ1) is 16.5. The minimum absolute atomic E-state index is 0.198. The van der Waals surface area contributed by atoms with Crippen molar-refractivity contribution in [2.24, 2.45) is 5.41 Å². The van der Waals surface area contributed by atoms with Gasteiger partial charge < -0.3 is 10.1 Å². The standard InChI is InChI=1S/C17H31N3O/c1-5-16(6-2)20-10-8-15(19-20)12-17(13-18-7-3)9-11-21-14(17)4/h8,10,14,16,18H,5-7,9,11-13H2,1-4H3. The Bertz CT molecular complexity index is 427. The second kappa shape index (κ2) is 7.41. The minimum Gasteiger partial charge on any atom is -0.378 e. The Kier molecular flexibility index (Phi) is 5.82. The maximum atomic E-state index is 5.86. The summed E-state index contributed by atoms with van der Waals surface area (Å²) in [5.41, 5.74) is 1.40. The summed E-state index contributed by atoms with van der Waals surface area (Å²) in [6, 6.07) is 2.72. The van der Waals surface area contributed by atoms with Crippen molar-refractivity contribution in [3.63, 3.8) is 0 Å². The molecule has 1 fully saturated rings. The van der Waals surface area contributed by atoms with Crippen LogP contribution in [0.1, 0.15) is 58.7 Å². The van der Waals surface area contributed by atoms with Gasteiger partial charge in [0.1, 0.15) is 0 Å². The smallest absolute Gasteiger partial charge is 0.0631 e. The lowest BCUT2D eigenvalue weighted by Gasteiger charge is -2.32. The largest absolute Gasteiger partial charge is 0.378 e. The minimum atomic E-state index is 0.198. The monoisotopic (exact) mass is 293 g/mol. The molecule has 1 saturated heterocycles. The first-order valence-electron chi connectivity index (χ1n) is 8.51. The van der Waals surface area contributed by atoms with Crippen LogP contribution in [0.15, 0.2) is 12.3 Å². The molecule has 4 nitrogen and oxygen atoms in total. The molecule has 2 heterocycles. The summed E-state index contributed by atoms with van der Waals surface area (Å²) < 4.78 is 8.01. The van der Waals surface area contributed by atoms with E-state index in [1.165, 1.54) is 5.69 Å². The molecular weight excluding hydrogens is 262 g/mol. The molecule has 0 radical (unpaired) electrons. The number of hydrogen-bond donors (Lipinski definition) is 1. The molecule has 2 unspecified atom stereocenters. The van der Waals surface area contributed by atoms with Crippen LogP contribution in [0.5, 0.6) is 0 Å². The van der Waals surface area contributed by atoms with Crippen LogP contribution < -0.4 is 5.32 Å². The molecule has 1 aliphatic heterocycles. The van der Waals surface area contributed by atoms with Crippen LogP contribution in [0.3, 0.4) is 0 Å². The fraction of sp³-hybridized carbons (Fsp3) is 0.824. The lowest BCUT2D eigenvalue weighted by atomic mass is 9.77. The zero-order chi connectivity index (χ0) is 15.3. The highest BCUT2D eigenvalue weighted by molar-refractivity contribution is 5.07. The molecule has 1 aliphatic rings. The maximum Gasteiger partial charge on any atom is 0.0631 e. The van der Waals surface area contributed by atoms with Gasteiger partial charge in [-0.05, 0) is 38.8 Å². The Balaban J connectivity index is 2.10. The fourth-order valence-corrected chi connectivity index (χ4v) is 3.42. The van der Waals surface area contributed by atoms with Gasteiger partial charge in [0.25, 0.3) is 0 Å². The van der Waals surface area contributed by atoms with Crippen molar-refractivity contribution in [2.75, 3.05) is 19.7 Å². The highest BCUT2D eigenvalue weighted by atomic mass is 16.5. The Morgan fingerprint density at radius 1 is 1.43 bits per heavy atom. The van der Waals surface area contributed by atoms with Gasteiger partial charge in [0.15, 0.2) is 0 Å². The molecular formula is C17H31N3O. The summed E-state index contributed by atoms with van der Waals surface area (Å²) in [7, 11) is 0. The predicted molar refractivity (Wildman–Crippen MR) is 86.6 cm³/mol. The zero-order valence-corrected chi connectivity index (χ0v) is 14.1. The van der Waals surface area contributed by atoms with Gasteiger partial charge in [-0.3, -0.25) is 4.68 Å². The molecule has 1 aromatic heterocycles. The summed E-state index contributed by atoms with van der Waals surface area (Å²) in [5, 5.41) is 8.36. The van der Waals surface area contributed by atoms with Gasteiger partial charge in [-0.15, -0.1) is 0 Å². The first-order chi connectivity index (χ1) is 10.1. The molecule has 0 spiro atoms. The van der Waals surface area contributed by atoms with E-state index in [0.717, 1.165) is 45.4 Å². The van der Waals surface area contributed by atoms with Gasteiger partial charge in [-0.25, -0.2) is 0 Å². The van der Waals surface area contributed by atoms with Gasteiger partial charge in [-0.2, -0.15) is 5.10 Å². The Labute approximate surface area is 129 Å². The van der Waals surface area contributed by atoms with Crippen molar-refractivity contribution in [3.8, 4) is 0 Å². The number of aromatic nitrogens is 2. The maximum absolute atomic E-state index is 5.86. The van der Waals surface area contributed by atoms with Crippen LogP contribution in [-0.4, -0.2) is 35.6 Å². The third-order valence-corrected chi connectivity index (χ3v) is 5.07. The number of nitrogens with zero attached hydrogens (tertiary/aromatic N) is 2. The van der Waals surface area contributed by atoms with Crippen LogP contribution >= 0.6 is 0 Å². The predicted octanol–water partition coefficient (Wildman–Crippen LogP) is 3.19. The molecule has 2 rings (SSSR count). The van der Waals surface area contributed by atoms with E-state index in [4.69, 9.17) is 9.84 Å². The Morgan fingerprint density at radius 2 is 2.19 bits per heavy atom. The van der Waals surface area contributed by atoms with E-state index in [1.807, 2.05) is 0 Å². The van der Waals surface area contributed by atoms with Crippen molar-refractivity contribution in [2.45, 2.75) is 65.5 Å². The van der Waals surface area contributed by atoms with E-state index in [0.29, 0.717) is 12.1 Å². The van der Waals surface area contributed by atoms with Crippen LogP contribution in [0, 0.1) is 5.41 Å². The van der Waals surface area contributed by atoms with Crippen LogP contribution in [0.4, 0.5) is 0 Å². The number of rotatable bonds is 8. The molecule has 0 saturated carbocycles. The average Bonchev–Trinajstić information content (AvgIpc) is 3.07. The van der Waals surface area contributed by atoms with Gasteiger partial charge in [0, 0.05) is 31.2 Å². The summed E-state index contributed by atoms with van der Waals surface area (Å²) >= 11 is 0. The van der Waals surface area contributed by atoms with E-state index in [2.05, 4.69) is 50.0 Å². The summed E-state index contributed by atoms with van der Waals surface area (Å²) in [5.74, 6) is 0. The molecule has 1 aromatic rings. The molecule has 0 amide bonds. The second-order valence-corrected chi connectivity index (χ2v) is 6.34. The highest BCUT2D eigenvalue weighted by Crippen LogP contribution is 2.37. The van der Waals surface area contributed by atoms with Gasteiger partial charge in [-0.1, -0.05) is 20.8 Å². The summed E-state index contributed by atoms with van der Waals surface area (Å²) in [6.45, 7) is 11.7. The normalized spacial score (nSPS) is 25.9. The third kappa shape index (κ3) is 3.67. The Hall–Kier alpha value is -0.870. The van der Waals surface area contributed by atoms with E-state index in [1.54, 1.807) is 0 Å². The van der Waals surface area contributed by atoms with Crippen molar-refractivity contribution < 1.29 is 4.74 Å². The third-order valence-electron chi connectivity index (χ3n) is 5.07. The molecule has 1 N–H and O–H groups in total. The molecule has 2 atom stereocenters. The SMILES string of the molecule is CCNCC1(Cc2ccn(C(CC)CC)n2)CCOC1C. The van der Waals surface area contributed by atoms with E-state index >= 15 is 0 Å². The fourth-order valence-electron chi connectivity index (χ4n) is 3.42. The average molecular weight is 293 g/mol.